The molecule has 1 saturated carbocycles. The first-order valence-corrected chi connectivity index (χ1v) is 6.77. The average Bonchev–Trinajstić information content (AvgIpc) is 2.32. The molecule has 0 radical (unpaired) electrons. The van der Waals surface area contributed by atoms with E-state index in [1.165, 1.54) is 0 Å². The van der Waals surface area contributed by atoms with E-state index >= 15 is 0 Å². The third kappa shape index (κ3) is 3.34. The second-order valence-electron chi connectivity index (χ2n) is 6.25. The van der Waals surface area contributed by atoms with Gasteiger partial charge in [0.2, 0.25) is 0 Å². The van der Waals surface area contributed by atoms with Gasteiger partial charge in [-0.3, -0.25) is 4.79 Å². The number of phenols is 1. The van der Waals surface area contributed by atoms with Crippen molar-refractivity contribution in [3.63, 3.8) is 0 Å². The minimum atomic E-state index is 0.242. The number of carbonyl (C=O) groups excluding carboxylic acids is 1. The van der Waals surface area contributed by atoms with Gasteiger partial charge in [0.05, 0.1) is 0 Å². The largest absolute Gasteiger partial charge is 0.508 e. The summed E-state index contributed by atoms with van der Waals surface area (Å²) in [6, 6.07) is 6.96. The highest BCUT2D eigenvalue weighted by atomic mass is 16.3. The summed E-state index contributed by atoms with van der Waals surface area (Å²) in [6.07, 6.45) is 4.87. The minimum Gasteiger partial charge on any atom is -0.508 e. The highest BCUT2D eigenvalue weighted by Gasteiger charge is 2.30. The summed E-state index contributed by atoms with van der Waals surface area (Å²) in [6.45, 7) is 4.57. The van der Waals surface area contributed by atoms with E-state index in [2.05, 4.69) is 13.8 Å². The number of rotatable bonds is 3. The predicted octanol–water partition coefficient (Wildman–Crippen LogP) is 3.72. The molecule has 1 fully saturated rings. The minimum absolute atomic E-state index is 0.242. The van der Waals surface area contributed by atoms with Crippen LogP contribution in [0.2, 0.25) is 0 Å². The average molecular weight is 246 g/mol. The Bertz CT molecular complexity index is 407. The summed E-state index contributed by atoms with van der Waals surface area (Å²) in [7, 11) is 0. The lowest BCUT2D eigenvalue weighted by Crippen LogP contribution is -2.27. The van der Waals surface area contributed by atoms with E-state index in [-0.39, 0.29) is 11.7 Å². The van der Waals surface area contributed by atoms with E-state index in [0.29, 0.717) is 17.6 Å². The maximum absolute atomic E-state index is 12.2. The molecule has 0 spiro atoms. The Morgan fingerprint density at radius 1 is 1.22 bits per heavy atom. The van der Waals surface area contributed by atoms with Crippen molar-refractivity contribution in [1.82, 2.24) is 0 Å². The van der Waals surface area contributed by atoms with Gasteiger partial charge in [0.1, 0.15) is 11.5 Å². The van der Waals surface area contributed by atoms with Crippen molar-refractivity contribution < 1.29 is 9.90 Å². The molecule has 0 unspecified atom stereocenters. The number of hydrogen-bond acceptors (Lipinski definition) is 2. The maximum Gasteiger partial charge on any atom is 0.140 e. The lowest BCUT2D eigenvalue weighted by molar-refractivity contribution is -0.123. The molecule has 1 aliphatic rings. The zero-order valence-electron chi connectivity index (χ0n) is 11.3. The second-order valence-corrected chi connectivity index (χ2v) is 6.25. The van der Waals surface area contributed by atoms with Crippen molar-refractivity contribution in [2.45, 2.75) is 46.0 Å². The number of benzene rings is 1. The molecule has 0 heterocycles. The number of hydrogen-bond donors (Lipinski definition) is 1. The first-order valence-electron chi connectivity index (χ1n) is 6.77. The Morgan fingerprint density at radius 3 is 2.33 bits per heavy atom. The third-order valence-electron chi connectivity index (χ3n) is 4.11. The van der Waals surface area contributed by atoms with Gasteiger partial charge in [-0.1, -0.05) is 26.0 Å². The summed E-state index contributed by atoms with van der Waals surface area (Å²) in [4.78, 5) is 12.2. The van der Waals surface area contributed by atoms with E-state index in [0.717, 1.165) is 31.2 Å². The molecule has 1 N–H and O–H groups in total. The van der Waals surface area contributed by atoms with E-state index in [1.807, 2.05) is 12.1 Å². The van der Waals surface area contributed by atoms with Gasteiger partial charge >= 0.3 is 0 Å². The fourth-order valence-corrected chi connectivity index (χ4v) is 2.68. The van der Waals surface area contributed by atoms with Gasteiger partial charge in [0, 0.05) is 12.3 Å². The standard InChI is InChI=1S/C16H22O2/c1-16(2)9-7-13(8-10-16)15(18)11-12-3-5-14(17)6-4-12/h3-6,13,17H,7-11H2,1-2H3. The van der Waals surface area contributed by atoms with Crippen molar-refractivity contribution in [1.29, 1.82) is 0 Å². The summed E-state index contributed by atoms with van der Waals surface area (Å²) < 4.78 is 0. The Morgan fingerprint density at radius 2 is 1.78 bits per heavy atom. The van der Waals surface area contributed by atoms with Crippen LogP contribution in [0.4, 0.5) is 0 Å². The lowest BCUT2D eigenvalue weighted by atomic mass is 9.71. The van der Waals surface area contributed by atoms with Crippen molar-refractivity contribution in [2.24, 2.45) is 11.3 Å². The molecule has 0 amide bonds. The molecule has 0 aromatic heterocycles. The molecule has 18 heavy (non-hydrogen) atoms. The van der Waals surface area contributed by atoms with Crippen LogP contribution in [0.5, 0.6) is 5.75 Å². The van der Waals surface area contributed by atoms with E-state index < -0.39 is 0 Å². The van der Waals surface area contributed by atoms with E-state index in [9.17, 15) is 9.90 Å². The van der Waals surface area contributed by atoms with Crippen LogP contribution < -0.4 is 0 Å². The summed E-state index contributed by atoms with van der Waals surface area (Å²) >= 11 is 0. The van der Waals surface area contributed by atoms with Crippen LogP contribution in [0.1, 0.15) is 45.1 Å². The maximum atomic E-state index is 12.2. The fourth-order valence-electron chi connectivity index (χ4n) is 2.68. The molecule has 0 aliphatic heterocycles. The monoisotopic (exact) mass is 246 g/mol. The van der Waals surface area contributed by atoms with E-state index in [1.54, 1.807) is 12.1 Å². The van der Waals surface area contributed by atoms with Crippen molar-refractivity contribution in [2.75, 3.05) is 0 Å². The summed E-state index contributed by atoms with van der Waals surface area (Å²) in [5, 5.41) is 9.21. The van der Waals surface area contributed by atoms with Crippen molar-refractivity contribution >= 4 is 5.78 Å². The van der Waals surface area contributed by atoms with Crippen LogP contribution in [0.15, 0.2) is 24.3 Å². The molecule has 2 nitrogen and oxygen atoms in total. The molecule has 2 rings (SSSR count). The van der Waals surface area contributed by atoms with Gasteiger partial charge in [0.15, 0.2) is 0 Å². The number of carbonyl (C=O) groups is 1. The zero-order chi connectivity index (χ0) is 13.2. The number of Topliss-reactive ketones (excluding diaryl/α,β-unsaturated/α-hetero) is 1. The van der Waals surface area contributed by atoms with Crippen LogP contribution >= 0.6 is 0 Å². The van der Waals surface area contributed by atoms with Gasteiger partial charge in [-0.05, 0) is 48.8 Å². The van der Waals surface area contributed by atoms with Crippen LogP contribution in [-0.4, -0.2) is 10.9 Å². The predicted molar refractivity (Wildman–Crippen MR) is 72.6 cm³/mol. The number of phenolic OH excluding ortho intramolecular Hbond substituents is 1. The molecular weight excluding hydrogens is 224 g/mol. The highest BCUT2D eigenvalue weighted by Crippen LogP contribution is 2.38. The van der Waals surface area contributed by atoms with Gasteiger partial charge in [0.25, 0.3) is 0 Å². The Kier molecular flexibility index (Phi) is 3.74. The van der Waals surface area contributed by atoms with Crippen LogP contribution in [0.25, 0.3) is 0 Å². The normalized spacial score (nSPS) is 19.7. The molecule has 98 valence electrons. The smallest absolute Gasteiger partial charge is 0.140 e. The molecule has 1 aliphatic carbocycles. The topological polar surface area (TPSA) is 37.3 Å². The van der Waals surface area contributed by atoms with E-state index in [4.69, 9.17) is 0 Å². The second kappa shape index (κ2) is 5.13. The Labute approximate surface area is 109 Å². The molecule has 0 bridgehead atoms. The summed E-state index contributed by atoms with van der Waals surface area (Å²) in [5.74, 6) is 0.855. The van der Waals surface area contributed by atoms with Gasteiger partial charge < -0.3 is 5.11 Å². The van der Waals surface area contributed by atoms with Gasteiger partial charge in [-0.2, -0.15) is 0 Å². The van der Waals surface area contributed by atoms with Crippen LogP contribution in [0.3, 0.4) is 0 Å². The SMILES string of the molecule is CC1(C)CCC(C(=O)Cc2ccc(O)cc2)CC1. The molecular formula is C16H22O2. The molecule has 1 aromatic rings. The first kappa shape index (κ1) is 13.1. The Balaban J connectivity index is 1.91. The van der Waals surface area contributed by atoms with Gasteiger partial charge in [-0.25, -0.2) is 0 Å². The lowest BCUT2D eigenvalue weighted by Gasteiger charge is -2.33. The van der Waals surface area contributed by atoms with Crippen molar-refractivity contribution in [3.8, 4) is 5.75 Å². The molecule has 0 atom stereocenters. The molecule has 2 heteroatoms. The van der Waals surface area contributed by atoms with Crippen LogP contribution in [-0.2, 0) is 11.2 Å². The van der Waals surface area contributed by atoms with Gasteiger partial charge in [-0.15, -0.1) is 0 Å². The first-order chi connectivity index (χ1) is 8.46. The quantitative estimate of drug-likeness (QED) is 0.882. The zero-order valence-corrected chi connectivity index (χ0v) is 11.3. The highest BCUT2D eigenvalue weighted by molar-refractivity contribution is 5.83. The number of aromatic hydroxyl groups is 1. The molecule has 0 saturated heterocycles. The van der Waals surface area contributed by atoms with Crippen LogP contribution in [0, 0.1) is 11.3 Å². The fraction of sp³-hybridized carbons (Fsp3) is 0.562. The third-order valence-corrected chi connectivity index (χ3v) is 4.11. The molecule has 1 aromatic carbocycles. The van der Waals surface area contributed by atoms with Crippen molar-refractivity contribution in [3.05, 3.63) is 29.8 Å². The Hall–Kier alpha value is -1.31. The summed E-state index contributed by atoms with van der Waals surface area (Å²) in [5.41, 5.74) is 1.41. The number of ketones is 1.